The lowest BCUT2D eigenvalue weighted by molar-refractivity contribution is -0.144. The van der Waals surface area contributed by atoms with E-state index in [0.29, 0.717) is 26.1 Å². The van der Waals surface area contributed by atoms with E-state index in [2.05, 4.69) is 4.90 Å². The molecule has 2 atom stereocenters. The Kier molecular flexibility index (Phi) is 6.12. The molecule has 0 spiro atoms. The Morgan fingerprint density at radius 1 is 1.00 bits per heavy atom. The van der Waals surface area contributed by atoms with Crippen molar-refractivity contribution in [2.75, 3.05) is 20.3 Å². The Bertz CT molecular complexity index is 265. The van der Waals surface area contributed by atoms with Crippen LogP contribution in [0.25, 0.3) is 0 Å². The molecule has 0 aromatic carbocycles. The van der Waals surface area contributed by atoms with E-state index in [-0.39, 0.29) is 24.0 Å². The Hall–Kier alpha value is -1.10. The van der Waals surface area contributed by atoms with Crippen LogP contribution in [0, 0.1) is 0 Å². The van der Waals surface area contributed by atoms with E-state index in [9.17, 15) is 9.59 Å². The van der Waals surface area contributed by atoms with Gasteiger partial charge in [0.2, 0.25) is 0 Å². The van der Waals surface area contributed by atoms with Gasteiger partial charge in [0, 0.05) is 12.1 Å². The summed E-state index contributed by atoms with van der Waals surface area (Å²) < 4.78 is 9.90. The summed E-state index contributed by atoms with van der Waals surface area (Å²) in [7, 11) is 1.96. The average Bonchev–Trinajstić information content (AvgIpc) is 2.62. The number of hydrogen-bond donors (Lipinski definition) is 0. The van der Waals surface area contributed by atoms with E-state index >= 15 is 0 Å². The number of rotatable bonds is 6. The largest absolute Gasteiger partial charge is 0.466 e. The molecule has 104 valence electrons. The third-order valence-corrected chi connectivity index (χ3v) is 3.40. The predicted molar refractivity (Wildman–Crippen MR) is 67.1 cm³/mol. The predicted octanol–water partition coefficient (Wildman–Crippen LogP) is 1.36. The van der Waals surface area contributed by atoms with E-state index in [1.807, 2.05) is 7.05 Å². The first-order valence-corrected chi connectivity index (χ1v) is 6.61. The fourth-order valence-electron chi connectivity index (χ4n) is 2.41. The Balaban J connectivity index is 2.39. The molecule has 1 heterocycles. The van der Waals surface area contributed by atoms with Crippen molar-refractivity contribution in [1.29, 1.82) is 0 Å². The van der Waals surface area contributed by atoms with Gasteiger partial charge < -0.3 is 9.47 Å². The number of hydrogen-bond acceptors (Lipinski definition) is 5. The van der Waals surface area contributed by atoms with Gasteiger partial charge >= 0.3 is 11.9 Å². The third-order valence-electron chi connectivity index (χ3n) is 3.40. The molecule has 0 N–H and O–H groups in total. The van der Waals surface area contributed by atoms with Gasteiger partial charge in [0.25, 0.3) is 0 Å². The zero-order chi connectivity index (χ0) is 13.5. The lowest BCUT2D eigenvalue weighted by Gasteiger charge is -2.24. The van der Waals surface area contributed by atoms with Crippen LogP contribution in [0.4, 0.5) is 0 Å². The van der Waals surface area contributed by atoms with Crippen molar-refractivity contribution in [1.82, 2.24) is 4.90 Å². The summed E-state index contributed by atoms with van der Waals surface area (Å²) in [6, 6.07) is 0.368. The number of carbonyl (C=O) groups is 2. The molecule has 2 unspecified atom stereocenters. The van der Waals surface area contributed by atoms with E-state index in [1.165, 1.54) is 0 Å². The van der Waals surface area contributed by atoms with Gasteiger partial charge in [0.05, 0.1) is 26.1 Å². The number of nitrogens with zero attached hydrogens (tertiary/aromatic N) is 1. The van der Waals surface area contributed by atoms with E-state index in [4.69, 9.17) is 9.47 Å². The summed E-state index contributed by atoms with van der Waals surface area (Å²) in [6.45, 7) is 4.45. The number of ether oxygens (including phenoxy) is 2. The highest BCUT2D eigenvalue weighted by Crippen LogP contribution is 2.27. The van der Waals surface area contributed by atoms with Crippen molar-refractivity contribution in [3.8, 4) is 0 Å². The van der Waals surface area contributed by atoms with Gasteiger partial charge in [-0.2, -0.15) is 0 Å². The quantitative estimate of drug-likeness (QED) is 0.672. The zero-order valence-corrected chi connectivity index (χ0v) is 11.5. The SMILES string of the molecule is CCOC(=O)CC1CCC(CC(=O)OCC)N1C. The fourth-order valence-corrected chi connectivity index (χ4v) is 2.41. The molecule has 0 amide bonds. The van der Waals surface area contributed by atoms with Crippen molar-refractivity contribution >= 4 is 11.9 Å². The second kappa shape index (κ2) is 7.36. The van der Waals surface area contributed by atoms with E-state index in [0.717, 1.165) is 12.8 Å². The molecule has 1 aliphatic rings. The normalized spacial score (nSPS) is 23.9. The third kappa shape index (κ3) is 4.29. The number of likely N-dealkylation sites (tertiary alicyclic amines) is 1. The van der Waals surface area contributed by atoms with Crippen molar-refractivity contribution in [3.63, 3.8) is 0 Å². The molecule has 1 aliphatic heterocycles. The zero-order valence-electron chi connectivity index (χ0n) is 11.5. The first-order valence-electron chi connectivity index (χ1n) is 6.61. The van der Waals surface area contributed by atoms with Gasteiger partial charge in [-0.05, 0) is 33.7 Å². The summed E-state index contributed by atoms with van der Waals surface area (Å²) in [5, 5.41) is 0. The topological polar surface area (TPSA) is 55.8 Å². The highest BCUT2D eigenvalue weighted by molar-refractivity contribution is 5.71. The first kappa shape index (κ1) is 15.0. The maximum atomic E-state index is 11.4. The van der Waals surface area contributed by atoms with Crippen LogP contribution in [0.5, 0.6) is 0 Å². The molecular weight excluding hydrogens is 234 g/mol. The van der Waals surface area contributed by atoms with Crippen LogP contribution in [-0.4, -0.2) is 49.2 Å². The summed E-state index contributed by atoms with van der Waals surface area (Å²) in [6.07, 6.45) is 2.67. The van der Waals surface area contributed by atoms with Crippen LogP contribution >= 0.6 is 0 Å². The molecule has 0 saturated carbocycles. The van der Waals surface area contributed by atoms with Crippen molar-refractivity contribution < 1.29 is 19.1 Å². The molecule has 5 nitrogen and oxygen atoms in total. The minimum absolute atomic E-state index is 0.161. The summed E-state index contributed by atoms with van der Waals surface area (Å²) in [5.74, 6) is -0.322. The molecule has 1 fully saturated rings. The molecule has 0 radical (unpaired) electrons. The maximum absolute atomic E-state index is 11.4. The summed E-state index contributed by atoms with van der Waals surface area (Å²) >= 11 is 0. The minimum atomic E-state index is -0.161. The van der Waals surface area contributed by atoms with Gasteiger partial charge in [-0.3, -0.25) is 14.5 Å². The van der Waals surface area contributed by atoms with Crippen molar-refractivity contribution in [2.45, 2.75) is 51.6 Å². The molecular formula is C13H23NO4. The van der Waals surface area contributed by atoms with Gasteiger partial charge in [0.1, 0.15) is 0 Å². The van der Waals surface area contributed by atoms with Gasteiger partial charge in [-0.25, -0.2) is 0 Å². The van der Waals surface area contributed by atoms with Crippen LogP contribution in [0.15, 0.2) is 0 Å². The van der Waals surface area contributed by atoms with E-state index in [1.54, 1.807) is 13.8 Å². The van der Waals surface area contributed by atoms with Gasteiger partial charge in [-0.1, -0.05) is 0 Å². The van der Waals surface area contributed by atoms with Crippen LogP contribution in [0.1, 0.15) is 39.5 Å². The van der Waals surface area contributed by atoms with Gasteiger partial charge in [-0.15, -0.1) is 0 Å². The second-order valence-corrected chi connectivity index (χ2v) is 4.57. The fraction of sp³-hybridized carbons (Fsp3) is 0.846. The lowest BCUT2D eigenvalue weighted by Crippen LogP contribution is -2.35. The number of carbonyl (C=O) groups excluding carboxylic acids is 2. The monoisotopic (exact) mass is 257 g/mol. The highest BCUT2D eigenvalue weighted by atomic mass is 16.5. The second-order valence-electron chi connectivity index (χ2n) is 4.57. The smallest absolute Gasteiger partial charge is 0.307 e. The van der Waals surface area contributed by atoms with Crippen LogP contribution in [-0.2, 0) is 19.1 Å². The standard InChI is InChI=1S/C13H23NO4/c1-4-17-12(15)8-10-6-7-11(14(10)3)9-13(16)18-5-2/h10-11H,4-9H2,1-3H3. The van der Waals surface area contributed by atoms with Crippen LogP contribution in [0.3, 0.4) is 0 Å². The molecule has 0 bridgehead atoms. The lowest BCUT2D eigenvalue weighted by atomic mass is 10.1. The molecule has 5 heteroatoms. The Labute approximate surface area is 108 Å². The molecule has 1 rings (SSSR count). The van der Waals surface area contributed by atoms with Crippen LogP contribution < -0.4 is 0 Å². The molecule has 18 heavy (non-hydrogen) atoms. The average molecular weight is 257 g/mol. The summed E-state index contributed by atoms with van der Waals surface area (Å²) in [5.41, 5.74) is 0. The van der Waals surface area contributed by atoms with Crippen LogP contribution in [0.2, 0.25) is 0 Å². The number of esters is 2. The molecule has 0 aromatic rings. The highest BCUT2D eigenvalue weighted by Gasteiger charge is 2.33. The van der Waals surface area contributed by atoms with Crippen molar-refractivity contribution in [3.05, 3.63) is 0 Å². The summed E-state index contributed by atoms with van der Waals surface area (Å²) in [4.78, 5) is 25.0. The minimum Gasteiger partial charge on any atom is -0.466 e. The Morgan fingerprint density at radius 2 is 1.39 bits per heavy atom. The molecule has 1 saturated heterocycles. The molecule has 0 aromatic heterocycles. The molecule has 0 aliphatic carbocycles. The van der Waals surface area contributed by atoms with Gasteiger partial charge in [0.15, 0.2) is 0 Å². The van der Waals surface area contributed by atoms with Crippen molar-refractivity contribution in [2.24, 2.45) is 0 Å². The first-order chi connectivity index (χ1) is 8.58. The maximum Gasteiger partial charge on any atom is 0.307 e. The Morgan fingerprint density at radius 3 is 1.72 bits per heavy atom. The van der Waals surface area contributed by atoms with E-state index < -0.39 is 0 Å².